The van der Waals surface area contributed by atoms with E-state index in [4.69, 9.17) is 25.3 Å². The van der Waals surface area contributed by atoms with Crippen LogP contribution in [-0.2, 0) is 6.61 Å². The molecule has 2 aromatic carbocycles. The lowest BCUT2D eigenvalue weighted by molar-refractivity contribution is 0.288. The second kappa shape index (κ2) is 7.13. The fraction of sp³-hybridized carbons (Fsp3) is 0.143. The van der Waals surface area contributed by atoms with E-state index in [1.807, 2.05) is 0 Å². The lowest BCUT2D eigenvalue weighted by Gasteiger charge is -2.10. The largest absolute Gasteiger partial charge is 0.487 e. The van der Waals surface area contributed by atoms with E-state index in [-0.39, 0.29) is 33.9 Å². The molecule has 4 rings (SSSR count). The van der Waals surface area contributed by atoms with Gasteiger partial charge in [0.25, 0.3) is 0 Å². The SMILES string of the molecule is Cc1cc(COc2ccc3c(=O)c(-c4c(F)cccc4Cl)c(C)oc3c2)no1. The first-order valence-corrected chi connectivity index (χ1v) is 8.88. The molecule has 0 spiro atoms. The molecule has 0 fully saturated rings. The van der Waals surface area contributed by atoms with Crippen LogP contribution in [0, 0.1) is 19.7 Å². The van der Waals surface area contributed by atoms with E-state index in [1.54, 1.807) is 38.1 Å². The number of ether oxygens (including phenoxy) is 1. The van der Waals surface area contributed by atoms with Gasteiger partial charge < -0.3 is 13.7 Å². The number of halogens is 2. The Morgan fingerprint density at radius 1 is 1.14 bits per heavy atom. The topological polar surface area (TPSA) is 65.5 Å². The molecule has 0 aliphatic heterocycles. The first-order chi connectivity index (χ1) is 13.4. The van der Waals surface area contributed by atoms with E-state index in [1.165, 1.54) is 18.2 Å². The second-order valence-corrected chi connectivity index (χ2v) is 6.74. The fourth-order valence-corrected chi connectivity index (χ4v) is 3.30. The van der Waals surface area contributed by atoms with Crippen molar-refractivity contribution in [3.63, 3.8) is 0 Å². The minimum atomic E-state index is -0.579. The molecule has 0 unspecified atom stereocenters. The predicted molar refractivity (Wildman–Crippen MR) is 103 cm³/mol. The number of hydrogen-bond acceptors (Lipinski definition) is 5. The van der Waals surface area contributed by atoms with Crippen LogP contribution in [0.25, 0.3) is 22.1 Å². The van der Waals surface area contributed by atoms with Crippen molar-refractivity contribution in [2.24, 2.45) is 0 Å². The molecule has 0 aliphatic carbocycles. The monoisotopic (exact) mass is 399 g/mol. The lowest BCUT2D eigenvalue weighted by atomic mass is 10.0. The van der Waals surface area contributed by atoms with Crippen molar-refractivity contribution in [3.05, 3.63) is 80.7 Å². The Balaban J connectivity index is 1.75. The summed E-state index contributed by atoms with van der Waals surface area (Å²) >= 11 is 6.13. The number of nitrogens with zero attached hydrogens (tertiary/aromatic N) is 1. The summed E-state index contributed by atoms with van der Waals surface area (Å²) < 4.78 is 30.8. The van der Waals surface area contributed by atoms with Gasteiger partial charge in [-0.15, -0.1) is 0 Å². The highest BCUT2D eigenvalue weighted by molar-refractivity contribution is 6.33. The van der Waals surface area contributed by atoms with Crippen LogP contribution < -0.4 is 10.2 Å². The molecule has 28 heavy (non-hydrogen) atoms. The maximum Gasteiger partial charge on any atom is 0.200 e. The number of fused-ring (bicyclic) bond motifs is 1. The Labute approximate surface area is 164 Å². The van der Waals surface area contributed by atoms with Crippen molar-refractivity contribution in [3.8, 4) is 16.9 Å². The van der Waals surface area contributed by atoms with Gasteiger partial charge in [0.15, 0.2) is 0 Å². The zero-order valence-electron chi connectivity index (χ0n) is 15.1. The van der Waals surface area contributed by atoms with E-state index in [2.05, 4.69) is 5.16 Å². The summed E-state index contributed by atoms with van der Waals surface area (Å²) in [5.74, 6) is 0.893. The van der Waals surface area contributed by atoms with Crippen LogP contribution in [0.1, 0.15) is 17.2 Å². The molecule has 0 saturated heterocycles. The summed E-state index contributed by atoms with van der Waals surface area (Å²) in [7, 11) is 0. The first-order valence-electron chi connectivity index (χ1n) is 8.51. The first kappa shape index (κ1) is 18.3. The molecule has 0 atom stereocenters. The molecule has 142 valence electrons. The Morgan fingerprint density at radius 2 is 1.96 bits per heavy atom. The van der Waals surface area contributed by atoms with E-state index in [0.717, 1.165) is 0 Å². The van der Waals surface area contributed by atoms with E-state index >= 15 is 0 Å². The molecule has 0 amide bonds. The van der Waals surface area contributed by atoms with Crippen LogP contribution in [0.2, 0.25) is 5.02 Å². The van der Waals surface area contributed by atoms with E-state index < -0.39 is 5.82 Å². The third-order valence-electron chi connectivity index (χ3n) is 4.32. The lowest BCUT2D eigenvalue weighted by Crippen LogP contribution is -2.09. The molecule has 5 nitrogen and oxygen atoms in total. The van der Waals surface area contributed by atoms with Gasteiger partial charge in [-0.05, 0) is 38.1 Å². The summed E-state index contributed by atoms with van der Waals surface area (Å²) in [5.41, 5.74) is 0.790. The molecule has 7 heteroatoms. The molecule has 2 heterocycles. The fourth-order valence-electron chi connectivity index (χ4n) is 3.04. The van der Waals surface area contributed by atoms with Crippen molar-refractivity contribution >= 4 is 22.6 Å². The van der Waals surface area contributed by atoms with Gasteiger partial charge in [-0.2, -0.15) is 0 Å². The second-order valence-electron chi connectivity index (χ2n) is 6.33. The van der Waals surface area contributed by atoms with Gasteiger partial charge in [-0.25, -0.2) is 4.39 Å². The van der Waals surface area contributed by atoms with Crippen molar-refractivity contribution in [1.29, 1.82) is 0 Å². The summed E-state index contributed by atoms with van der Waals surface area (Å²) in [6.07, 6.45) is 0. The van der Waals surface area contributed by atoms with Crippen molar-refractivity contribution in [2.75, 3.05) is 0 Å². The Kier molecular flexibility index (Phi) is 4.65. The van der Waals surface area contributed by atoms with Crippen LogP contribution >= 0.6 is 11.6 Å². The quantitative estimate of drug-likeness (QED) is 0.457. The molecule has 4 aromatic rings. The molecule has 0 bridgehead atoms. The average molecular weight is 400 g/mol. The maximum atomic E-state index is 14.3. The Morgan fingerprint density at radius 3 is 2.68 bits per heavy atom. The van der Waals surface area contributed by atoms with Crippen molar-refractivity contribution in [2.45, 2.75) is 20.5 Å². The van der Waals surface area contributed by atoms with Gasteiger partial charge in [0.05, 0.1) is 16.0 Å². The predicted octanol–water partition coefficient (Wildman–Crippen LogP) is 5.44. The molecular formula is C21H15ClFNO4. The zero-order chi connectivity index (χ0) is 19.8. The van der Waals surface area contributed by atoms with E-state index in [9.17, 15) is 9.18 Å². The van der Waals surface area contributed by atoms with Crippen LogP contribution in [0.5, 0.6) is 5.75 Å². The standard InChI is InChI=1S/C21H15ClFNO4/c1-11-8-13(24-28-11)10-26-14-6-7-15-18(9-14)27-12(2)19(21(15)25)20-16(22)4-3-5-17(20)23/h3-9H,10H2,1-2H3. The van der Waals surface area contributed by atoms with Crippen LogP contribution in [0.3, 0.4) is 0 Å². The molecule has 0 saturated carbocycles. The molecule has 0 radical (unpaired) electrons. The van der Waals surface area contributed by atoms with Crippen molar-refractivity contribution < 1.29 is 18.1 Å². The number of aryl methyl sites for hydroxylation is 2. The molecule has 0 aliphatic rings. The van der Waals surface area contributed by atoms with Gasteiger partial charge in [0.1, 0.15) is 41.0 Å². The normalized spacial score (nSPS) is 11.1. The van der Waals surface area contributed by atoms with Gasteiger partial charge in [-0.1, -0.05) is 22.8 Å². The summed E-state index contributed by atoms with van der Waals surface area (Å²) in [6, 6.07) is 10.9. The number of aromatic nitrogens is 1. The maximum absolute atomic E-state index is 14.3. The average Bonchev–Trinajstić information content (AvgIpc) is 3.07. The van der Waals surface area contributed by atoms with E-state index in [0.29, 0.717) is 28.2 Å². The van der Waals surface area contributed by atoms with Gasteiger partial charge in [-0.3, -0.25) is 4.79 Å². The Hall–Kier alpha value is -3.12. The highest BCUT2D eigenvalue weighted by atomic mass is 35.5. The molecule has 2 aromatic heterocycles. The molecule has 0 N–H and O–H groups in total. The van der Waals surface area contributed by atoms with Gasteiger partial charge in [0, 0.05) is 17.7 Å². The highest BCUT2D eigenvalue weighted by Gasteiger charge is 2.19. The van der Waals surface area contributed by atoms with Crippen LogP contribution in [0.4, 0.5) is 4.39 Å². The highest BCUT2D eigenvalue weighted by Crippen LogP contribution is 2.32. The smallest absolute Gasteiger partial charge is 0.200 e. The number of rotatable bonds is 4. The van der Waals surface area contributed by atoms with Gasteiger partial charge >= 0.3 is 0 Å². The van der Waals surface area contributed by atoms with Crippen LogP contribution in [-0.4, -0.2) is 5.16 Å². The number of hydrogen-bond donors (Lipinski definition) is 0. The zero-order valence-corrected chi connectivity index (χ0v) is 15.8. The Bertz CT molecular complexity index is 1220. The third kappa shape index (κ3) is 3.27. The van der Waals surface area contributed by atoms with Gasteiger partial charge in [0.2, 0.25) is 5.43 Å². The third-order valence-corrected chi connectivity index (χ3v) is 4.63. The number of benzene rings is 2. The molecular weight excluding hydrogens is 385 g/mol. The minimum Gasteiger partial charge on any atom is -0.487 e. The summed E-state index contributed by atoms with van der Waals surface area (Å²) in [5, 5.41) is 4.32. The minimum absolute atomic E-state index is 0.0408. The summed E-state index contributed by atoms with van der Waals surface area (Å²) in [6.45, 7) is 3.61. The van der Waals surface area contributed by atoms with Crippen molar-refractivity contribution in [1.82, 2.24) is 5.16 Å². The van der Waals surface area contributed by atoms with Crippen LogP contribution in [0.15, 0.2) is 56.2 Å². The summed E-state index contributed by atoms with van der Waals surface area (Å²) in [4.78, 5) is 13.0.